The highest BCUT2D eigenvalue weighted by Crippen LogP contribution is 2.31. The fraction of sp³-hybridized carbons (Fsp3) is 0.357. The van der Waals surface area contributed by atoms with E-state index in [0.717, 1.165) is 55.3 Å². The Bertz CT molecular complexity index is 1130. The Morgan fingerprint density at radius 3 is 2.60 bits per heavy atom. The summed E-state index contributed by atoms with van der Waals surface area (Å²) in [5.74, 6) is 2.08. The molecule has 1 N–H and O–H groups in total. The molecule has 2 aromatic carbocycles. The third-order valence-corrected chi connectivity index (χ3v) is 7.06. The SMILES string of the molecule is O=C(Cc1ccc(-c2ccc(OCCN3C[C@H]4COC[C@H]4C3)cc2Cl)cn1)NCc1ccccc1. The van der Waals surface area contributed by atoms with E-state index in [9.17, 15) is 4.79 Å². The Kier molecular flexibility index (Phi) is 7.62. The third kappa shape index (κ3) is 6.20. The Labute approximate surface area is 211 Å². The highest BCUT2D eigenvalue weighted by Gasteiger charge is 2.36. The van der Waals surface area contributed by atoms with Crippen LogP contribution in [-0.4, -0.2) is 55.2 Å². The summed E-state index contributed by atoms with van der Waals surface area (Å²) < 4.78 is 11.5. The largest absolute Gasteiger partial charge is 0.492 e. The second-order valence-electron chi connectivity index (χ2n) is 9.28. The summed E-state index contributed by atoms with van der Waals surface area (Å²) in [7, 11) is 0. The lowest BCUT2D eigenvalue weighted by molar-refractivity contribution is -0.120. The van der Waals surface area contributed by atoms with Crippen molar-refractivity contribution < 1.29 is 14.3 Å². The first-order valence-corrected chi connectivity index (χ1v) is 12.5. The Hall–Kier alpha value is -2.93. The van der Waals surface area contributed by atoms with Gasteiger partial charge < -0.3 is 14.8 Å². The third-order valence-electron chi connectivity index (χ3n) is 6.74. The molecule has 6 nitrogen and oxygen atoms in total. The van der Waals surface area contributed by atoms with E-state index in [1.54, 1.807) is 6.20 Å². The first-order chi connectivity index (χ1) is 17.1. The molecule has 5 rings (SSSR count). The summed E-state index contributed by atoms with van der Waals surface area (Å²) in [6, 6.07) is 19.4. The molecule has 2 fully saturated rings. The number of ether oxygens (including phenoxy) is 2. The van der Waals surface area contributed by atoms with Gasteiger partial charge in [-0.05, 0) is 29.8 Å². The van der Waals surface area contributed by atoms with E-state index in [0.29, 0.717) is 35.7 Å². The van der Waals surface area contributed by atoms with Crippen molar-refractivity contribution in [1.29, 1.82) is 0 Å². The maximum atomic E-state index is 12.3. The smallest absolute Gasteiger partial charge is 0.226 e. The molecule has 0 bridgehead atoms. The van der Waals surface area contributed by atoms with E-state index in [2.05, 4.69) is 15.2 Å². The summed E-state index contributed by atoms with van der Waals surface area (Å²) >= 11 is 6.56. The van der Waals surface area contributed by atoms with Crippen LogP contribution >= 0.6 is 11.6 Å². The number of halogens is 1. The predicted octanol–water partition coefficient (Wildman–Crippen LogP) is 4.22. The lowest BCUT2D eigenvalue weighted by Crippen LogP contribution is -2.27. The van der Waals surface area contributed by atoms with Gasteiger partial charge in [0.1, 0.15) is 12.4 Å². The van der Waals surface area contributed by atoms with Gasteiger partial charge in [-0.15, -0.1) is 0 Å². The summed E-state index contributed by atoms with van der Waals surface area (Å²) in [5, 5.41) is 3.55. The number of carbonyl (C=O) groups is 1. The molecular weight excluding hydrogens is 462 g/mol. The lowest BCUT2D eigenvalue weighted by Gasteiger charge is -2.17. The molecule has 2 aliphatic rings. The zero-order chi connectivity index (χ0) is 24.0. The minimum absolute atomic E-state index is 0.0564. The molecule has 2 aliphatic heterocycles. The van der Waals surface area contributed by atoms with Crippen LogP contribution in [0.15, 0.2) is 66.9 Å². The molecule has 7 heteroatoms. The van der Waals surface area contributed by atoms with Crippen LogP contribution in [-0.2, 0) is 22.5 Å². The van der Waals surface area contributed by atoms with Crippen molar-refractivity contribution in [2.75, 3.05) is 39.5 Å². The summed E-state index contributed by atoms with van der Waals surface area (Å²) in [6.07, 6.45) is 1.99. The van der Waals surface area contributed by atoms with E-state index in [1.165, 1.54) is 0 Å². The Morgan fingerprint density at radius 1 is 1.09 bits per heavy atom. The number of rotatable bonds is 9. The van der Waals surface area contributed by atoms with Crippen molar-refractivity contribution in [1.82, 2.24) is 15.2 Å². The average Bonchev–Trinajstić information content (AvgIpc) is 3.46. The molecule has 2 saturated heterocycles. The second kappa shape index (κ2) is 11.2. The zero-order valence-corrected chi connectivity index (χ0v) is 20.4. The van der Waals surface area contributed by atoms with Crippen LogP contribution in [0.25, 0.3) is 11.1 Å². The van der Waals surface area contributed by atoms with E-state index < -0.39 is 0 Å². The molecule has 35 heavy (non-hydrogen) atoms. The first kappa shape index (κ1) is 23.8. The molecule has 0 radical (unpaired) electrons. The van der Waals surface area contributed by atoms with E-state index in [-0.39, 0.29) is 12.3 Å². The van der Waals surface area contributed by atoms with Crippen molar-refractivity contribution in [2.24, 2.45) is 11.8 Å². The van der Waals surface area contributed by atoms with E-state index in [1.807, 2.05) is 60.7 Å². The van der Waals surface area contributed by atoms with Crippen LogP contribution in [0.5, 0.6) is 5.75 Å². The number of nitrogens with zero attached hydrogens (tertiary/aromatic N) is 2. The number of carbonyl (C=O) groups excluding carboxylic acids is 1. The molecule has 0 unspecified atom stereocenters. The average molecular weight is 492 g/mol. The van der Waals surface area contributed by atoms with E-state index in [4.69, 9.17) is 21.1 Å². The molecule has 3 heterocycles. The quantitative estimate of drug-likeness (QED) is 0.485. The number of aromatic nitrogens is 1. The number of hydrogen-bond donors (Lipinski definition) is 1. The molecule has 0 spiro atoms. The van der Waals surface area contributed by atoms with Gasteiger partial charge in [0.25, 0.3) is 0 Å². The molecule has 3 aromatic rings. The number of hydrogen-bond acceptors (Lipinski definition) is 5. The summed E-state index contributed by atoms with van der Waals surface area (Å²) in [5.41, 5.74) is 3.58. The van der Waals surface area contributed by atoms with Gasteiger partial charge >= 0.3 is 0 Å². The van der Waals surface area contributed by atoms with Crippen molar-refractivity contribution in [2.45, 2.75) is 13.0 Å². The van der Waals surface area contributed by atoms with Crippen molar-refractivity contribution in [3.63, 3.8) is 0 Å². The zero-order valence-electron chi connectivity index (χ0n) is 19.7. The number of amides is 1. The molecule has 1 amide bonds. The van der Waals surface area contributed by atoms with Crippen molar-refractivity contribution in [3.05, 3.63) is 83.1 Å². The van der Waals surface area contributed by atoms with E-state index >= 15 is 0 Å². The number of nitrogens with one attached hydrogen (secondary N) is 1. The predicted molar refractivity (Wildman–Crippen MR) is 136 cm³/mol. The lowest BCUT2D eigenvalue weighted by atomic mass is 10.0. The van der Waals surface area contributed by atoms with Gasteiger partial charge in [-0.1, -0.05) is 48.0 Å². The molecule has 0 saturated carbocycles. The standard InChI is InChI=1S/C28H30ClN3O3/c29-27-13-25(35-11-10-32-16-22-18-34-19-23(22)17-32)8-9-26(27)21-6-7-24(30-15-21)12-28(33)31-14-20-4-2-1-3-5-20/h1-9,13,15,22-23H,10-12,14,16-19H2,(H,31,33)/t22-,23+. The van der Waals surface area contributed by atoms with Crippen LogP contribution in [0.2, 0.25) is 5.02 Å². The monoisotopic (exact) mass is 491 g/mol. The number of fused-ring (bicyclic) bond motifs is 1. The fourth-order valence-corrected chi connectivity index (χ4v) is 5.07. The van der Waals surface area contributed by atoms with Gasteiger partial charge in [-0.25, -0.2) is 0 Å². The van der Waals surface area contributed by atoms with Crippen LogP contribution in [0.1, 0.15) is 11.3 Å². The molecule has 182 valence electrons. The normalized spacial score (nSPS) is 19.5. The van der Waals surface area contributed by atoms with Crippen molar-refractivity contribution >= 4 is 17.5 Å². The highest BCUT2D eigenvalue weighted by molar-refractivity contribution is 6.33. The summed E-state index contributed by atoms with van der Waals surface area (Å²) in [4.78, 5) is 19.2. The van der Waals surface area contributed by atoms with Crippen LogP contribution in [0, 0.1) is 11.8 Å². The van der Waals surface area contributed by atoms with Crippen LogP contribution in [0.4, 0.5) is 0 Å². The second-order valence-corrected chi connectivity index (χ2v) is 9.69. The Balaban J connectivity index is 1.10. The van der Waals surface area contributed by atoms with Gasteiger partial charge in [0.2, 0.25) is 5.91 Å². The topological polar surface area (TPSA) is 63.7 Å². The van der Waals surface area contributed by atoms with Crippen LogP contribution < -0.4 is 10.1 Å². The Morgan fingerprint density at radius 2 is 1.89 bits per heavy atom. The van der Waals surface area contributed by atoms with Gasteiger partial charge in [0.15, 0.2) is 0 Å². The number of likely N-dealkylation sites (tertiary alicyclic amines) is 1. The maximum absolute atomic E-state index is 12.3. The maximum Gasteiger partial charge on any atom is 0.226 e. The molecule has 0 aliphatic carbocycles. The molecule has 1 aromatic heterocycles. The van der Waals surface area contributed by atoms with Gasteiger partial charge in [-0.2, -0.15) is 0 Å². The number of benzene rings is 2. The van der Waals surface area contributed by atoms with Crippen LogP contribution in [0.3, 0.4) is 0 Å². The molecule has 2 atom stereocenters. The minimum atomic E-state index is -0.0564. The first-order valence-electron chi connectivity index (χ1n) is 12.1. The number of pyridine rings is 1. The highest BCUT2D eigenvalue weighted by atomic mass is 35.5. The minimum Gasteiger partial charge on any atom is -0.492 e. The van der Waals surface area contributed by atoms with Crippen molar-refractivity contribution in [3.8, 4) is 16.9 Å². The van der Waals surface area contributed by atoms with Gasteiger partial charge in [0.05, 0.1) is 24.7 Å². The van der Waals surface area contributed by atoms with Gasteiger partial charge in [0, 0.05) is 61.0 Å². The van der Waals surface area contributed by atoms with Gasteiger partial charge in [-0.3, -0.25) is 14.7 Å². The molecular formula is C28H30ClN3O3. The fourth-order valence-electron chi connectivity index (χ4n) is 4.79. The summed E-state index contributed by atoms with van der Waals surface area (Å²) in [6.45, 7) is 6.06.